The molecule has 3 aromatic rings. The van der Waals surface area contributed by atoms with Gasteiger partial charge in [0.25, 0.3) is 5.91 Å². The summed E-state index contributed by atoms with van der Waals surface area (Å²) in [6.45, 7) is 2.67. The van der Waals surface area contributed by atoms with E-state index in [2.05, 4.69) is 9.97 Å². The highest BCUT2D eigenvalue weighted by atomic mass is 35.5. The highest BCUT2D eigenvalue weighted by Gasteiger charge is 2.32. The second-order valence-electron chi connectivity index (χ2n) is 6.38. The molecule has 0 saturated carbocycles. The fourth-order valence-corrected chi connectivity index (χ4v) is 4.62. The summed E-state index contributed by atoms with van der Waals surface area (Å²) >= 11 is 7.53. The second-order valence-corrected chi connectivity index (χ2v) is 7.82. The van der Waals surface area contributed by atoms with Crippen LogP contribution in [0.25, 0.3) is 10.6 Å². The SMILES string of the molecule is Cc1nc(-c2cccc(Cl)c2)sc1C(=O)N1CCC[C@H]1c1ccncc1. The number of amides is 1. The van der Waals surface area contributed by atoms with Crippen LogP contribution in [-0.4, -0.2) is 27.3 Å². The first kappa shape index (κ1) is 17.2. The monoisotopic (exact) mass is 383 g/mol. The summed E-state index contributed by atoms with van der Waals surface area (Å²) in [5.74, 6) is 0.0626. The first-order valence-corrected chi connectivity index (χ1v) is 9.77. The van der Waals surface area contributed by atoms with Crippen LogP contribution in [0.15, 0.2) is 48.8 Å². The van der Waals surface area contributed by atoms with Gasteiger partial charge in [-0.2, -0.15) is 0 Å². The van der Waals surface area contributed by atoms with E-state index >= 15 is 0 Å². The Hall–Kier alpha value is -2.24. The number of pyridine rings is 1. The molecule has 0 unspecified atom stereocenters. The number of nitrogens with zero attached hydrogens (tertiary/aromatic N) is 3. The molecule has 0 bridgehead atoms. The number of carbonyl (C=O) groups excluding carboxylic acids is 1. The van der Waals surface area contributed by atoms with Gasteiger partial charge in [-0.1, -0.05) is 23.7 Å². The van der Waals surface area contributed by atoms with E-state index in [-0.39, 0.29) is 11.9 Å². The molecule has 1 amide bonds. The van der Waals surface area contributed by atoms with Crippen molar-refractivity contribution >= 4 is 28.8 Å². The Morgan fingerprint density at radius 2 is 2.08 bits per heavy atom. The van der Waals surface area contributed by atoms with E-state index < -0.39 is 0 Å². The molecular weight excluding hydrogens is 366 g/mol. The van der Waals surface area contributed by atoms with Crippen molar-refractivity contribution in [2.45, 2.75) is 25.8 Å². The number of hydrogen-bond donors (Lipinski definition) is 0. The Kier molecular flexibility index (Phi) is 4.74. The minimum Gasteiger partial charge on any atom is -0.331 e. The Morgan fingerprint density at radius 1 is 1.27 bits per heavy atom. The van der Waals surface area contributed by atoms with E-state index in [1.165, 1.54) is 11.3 Å². The summed E-state index contributed by atoms with van der Waals surface area (Å²) in [7, 11) is 0. The second kappa shape index (κ2) is 7.17. The van der Waals surface area contributed by atoms with Crippen LogP contribution < -0.4 is 0 Å². The topological polar surface area (TPSA) is 46.1 Å². The maximum Gasteiger partial charge on any atom is 0.266 e. The number of aryl methyl sites for hydroxylation is 1. The van der Waals surface area contributed by atoms with E-state index in [0.29, 0.717) is 9.90 Å². The van der Waals surface area contributed by atoms with Gasteiger partial charge in [-0.15, -0.1) is 11.3 Å². The molecule has 0 radical (unpaired) electrons. The number of benzene rings is 1. The van der Waals surface area contributed by atoms with Crippen molar-refractivity contribution in [3.8, 4) is 10.6 Å². The lowest BCUT2D eigenvalue weighted by molar-refractivity contribution is 0.0739. The normalized spacial score (nSPS) is 16.8. The van der Waals surface area contributed by atoms with Crippen LogP contribution >= 0.6 is 22.9 Å². The van der Waals surface area contributed by atoms with Gasteiger partial charge in [0.15, 0.2) is 0 Å². The number of halogens is 1. The van der Waals surface area contributed by atoms with Crippen molar-refractivity contribution in [3.05, 3.63) is 69.9 Å². The third-order valence-corrected chi connectivity index (χ3v) is 6.10. The van der Waals surface area contributed by atoms with Gasteiger partial charge in [-0.25, -0.2) is 4.98 Å². The summed E-state index contributed by atoms with van der Waals surface area (Å²) in [5.41, 5.74) is 2.86. The van der Waals surface area contributed by atoms with Crippen LogP contribution in [0.2, 0.25) is 5.02 Å². The van der Waals surface area contributed by atoms with Crippen LogP contribution in [0.1, 0.15) is 39.8 Å². The van der Waals surface area contributed by atoms with Gasteiger partial charge in [0.2, 0.25) is 0 Å². The molecule has 26 heavy (non-hydrogen) atoms. The van der Waals surface area contributed by atoms with Gasteiger partial charge in [0.1, 0.15) is 9.88 Å². The van der Waals surface area contributed by atoms with Crippen LogP contribution in [0.5, 0.6) is 0 Å². The smallest absolute Gasteiger partial charge is 0.266 e. The van der Waals surface area contributed by atoms with Crippen LogP contribution in [-0.2, 0) is 0 Å². The zero-order valence-electron chi connectivity index (χ0n) is 14.4. The minimum atomic E-state index is 0.0626. The molecular formula is C20H18ClN3OS. The molecule has 0 aliphatic carbocycles. The Morgan fingerprint density at radius 3 is 2.85 bits per heavy atom. The highest BCUT2D eigenvalue weighted by Crippen LogP contribution is 2.36. The van der Waals surface area contributed by atoms with Crippen LogP contribution in [0.4, 0.5) is 0 Å². The molecule has 0 N–H and O–H groups in total. The molecule has 1 aromatic carbocycles. The average molecular weight is 384 g/mol. The van der Waals surface area contributed by atoms with Crippen molar-refractivity contribution in [3.63, 3.8) is 0 Å². The van der Waals surface area contributed by atoms with Gasteiger partial charge in [0, 0.05) is 29.5 Å². The number of likely N-dealkylation sites (tertiary alicyclic amines) is 1. The highest BCUT2D eigenvalue weighted by molar-refractivity contribution is 7.17. The zero-order chi connectivity index (χ0) is 18.1. The molecule has 1 atom stereocenters. The zero-order valence-corrected chi connectivity index (χ0v) is 15.9. The molecule has 1 saturated heterocycles. The maximum atomic E-state index is 13.2. The summed E-state index contributed by atoms with van der Waals surface area (Å²) in [6, 6.07) is 11.7. The summed E-state index contributed by atoms with van der Waals surface area (Å²) in [4.78, 5) is 24.6. The fourth-order valence-electron chi connectivity index (χ4n) is 3.41. The van der Waals surface area contributed by atoms with E-state index in [1.54, 1.807) is 12.4 Å². The van der Waals surface area contributed by atoms with E-state index in [0.717, 1.165) is 41.2 Å². The number of hydrogen-bond acceptors (Lipinski definition) is 4. The lowest BCUT2D eigenvalue weighted by atomic mass is 10.1. The van der Waals surface area contributed by atoms with Crippen molar-refractivity contribution in [2.75, 3.05) is 6.54 Å². The van der Waals surface area contributed by atoms with Gasteiger partial charge in [0.05, 0.1) is 11.7 Å². The number of thiazole rings is 1. The van der Waals surface area contributed by atoms with Gasteiger partial charge >= 0.3 is 0 Å². The van der Waals surface area contributed by atoms with E-state index in [4.69, 9.17) is 11.6 Å². The summed E-state index contributed by atoms with van der Waals surface area (Å²) in [6.07, 6.45) is 5.56. The lowest BCUT2D eigenvalue weighted by Crippen LogP contribution is -2.30. The molecule has 2 aromatic heterocycles. The van der Waals surface area contributed by atoms with Crippen LogP contribution in [0, 0.1) is 6.92 Å². The van der Waals surface area contributed by atoms with E-state index in [9.17, 15) is 4.79 Å². The van der Waals surface area contributed by atoms with Crippen LogP contribution in [0.3, 0.4) is 0 Å². The minimum absolute atomic E-state index is 0.0626. The Bertz CT molecular complexity index is 941. The molecule has 4 rings (SSSR count). The first-order chi connectivity index (χ1) is 12.6. The number of rotatable bonds is 3. The Labute approximate surface area is 161 Å². The molecule has 1 aliphatic rings. The predicted octanol–water partition coefficient (Wildman–Crippen LogP) is 5.14. The lowest BCUT2D eigenvalue weighted by Gasteiger charge is -2.24. The van der Waals surface area contributed by atoms with Crippen molar-refractivity contribution in [2.24, 2.45) is 0 Å². The predicted molar refractivity (Wildman–Crippen MR) is 105 cm³/mol. The van der Waals surface area contributed by atoms with Crippen molar-refractivity contribution in [1.29, 1.82) is 0 Å². The average Bonchev–Trinajstić information content (AvgIpc) is 3.29. The standard InChI is InChI=1S/C20H18ClN3OS/c1-13-18(26-19(23-13)15-4-2-5-16(21)12-15)20(25)24-11-3-6-17(24)14-7-9-22-10-8-14/h2,4-5,7-10,12,17H,3,6,11H2,1H3/t17-/m0/s1. The van der Waals surface area contributed by atoms with Crippen molar-refractivity contribution in [1.82, 2.24) is 14.9 Å². The molecule has 1 aliphatic heterocycles. The van der Waals surface area contributed by atoms with Gasteiger partial charge in [-0.3, -0.25) is 9.78 Å². The molecule has 1 fully saturated rings. The molecule has 132 valence electrons. The molecule has 4 nitrogen and oxygen atoms in total. The molecule has 3 heterocycles. The third-order valence-electron chi connectivity index (χ3n) is 4.67. The number of carbonyl (C=O) groups is 1. The fraction of sp³-hybridized carbons (Fsp3) is 0.250. The molecule has 6 heteroatoms. The quantitative estimate of drug-likeness (QED) is 0.628. The Balaban J connectivity index is 1.64. The summed E-state index contributed by atoms with van der Waals surface area (Å²) < 4.78 is 0. The first-order valence-electron chi connectivity index (χ1n) is 8.58. The van der Waals surface area contributed by atoms with Gasteiger partial charge in [-0.05, 0) is 49.6 Å². The summed E-state index contributed by atoms with van der Waals surface area (Å²) in [5, 5.41) is 1.49. The van der Waals surface area contributed by atoms with Gasteiger partial charge < -0.3 is 4.90 Å². The number of aromatic nitrogens is 2. The van der Waals surface area contributed by atoms with E-state index in [1.807, 2.05) is 48.2 Å². The molecule has 0 spiro atoms. The maximum absolute atomic E-state index is 13.2. The van der Waals surface area contributed by atoms with Crippen molar-refractivity contribution < 1.29 is 4.79 Å². The third kappa shape index (κ3) is 3.24. The largest absolute Gasteiger partial charge is 0.331 e.